The minimum absolute atomic E-state index is 0.0208. The van der Waals surface area contributed by atoms with E-state index in [1.165, 1.54) is 7.11 Å². The lowest BCUT2D eigenvalue weighted by molar-refractivity contribution is -0.142. The van der Waals surface area contributed by atoms with Gasteiger partial charge in [-0.25, -0.2) is 9.59 Å². The average Bonchev–Trinajstić information content (AvgIpc) is 3.18. The molecule has 1 saturated heterocycles. The molecular formula is C26H33N5O3S. The van der Waals surface area contributed by atoms with Crippen LogP contribution < -0.4 is 16.7 Å². The first-order valence-corrected chi connectivity index (χ1v) is 12.5. The fraction of sp³-hybridized carbons (Fsp3) is 0.423. The summed E-state index contributed by atoms with van der Waals surface area (Å²) in [6, 6.07) is 17.3. The van der Waals surface area contributed by atoms with E-state index in [2.05, 4.69) is 10.2 Å². The van der Waals surface area contributed by atoms with Gasteiger partial charge >= 0.3 is 11.7 Å². The molecule has 35 heavy (non-hydrogen) atoms. The molecule has 2 heterocycles. The fourth-order valence-electron chi connectivity index (χ4n) is 4.80. The number of nitrogens with two attached hydrogens (primary N) is 1. The molecule has 0 spiro atoms. The van der Waals surface area contributed by atoms with Crippen LogP contribution >= 0.6 is 12.2 Å². The fourth-order valence-corrected chi connectivity index (χ4v) is 5.13. The standard InChI is InChI=1S/C26H33N5O3S/c1-34-24(32)21(18-19-8-3-2-4-9-19)28-25(35)29-16-12-20(13-17-29)31-23-11-6-5-10-22(23)30(26(31)33)15-7-14-27/h2-6,8-11,20-21H,7,12-18,27H2,1H3,(H,28,35). The van der Waals surface area contributed by atoms with Crippen LogP contribution in [0.2, 0.25) is 0 Å². The number of carbonyl (C=O) groups excluding carboxylic acids is 1. The molecule has 1 atom stereocenters. The first kappa shape index (κ1) is 24.9. The zero-order valence-corrected chi connectivity index (χ0v) is 20.9. The van der Waals surface area contributed by atoms with E-state index in [9.17, 15) is 9.59 Å². The number of hydrogen-bond donors (Lipinski definition) is 2. The van der Waals surface area contributed by atoms with Crippen LogP contribution in [0.1, 0.15) is 30.9 Å². The number of likely N-dealkylation sites (tertiary alicyclic amines) is 1. The van der Waals surface area contributed by atoms with Gasteiger partial charge in [-0.2, -0.15) is 0 Å². The average molecular weight is 496 g/mol. The number of aromatic nitrogens is 2. The van der Waals surface area contributed by atoms with Gasteiger partial charge < -0.3 is 20.7 Å². The Labute approximate surface area is 210 Å². The monoisotopic (exact) mass is 495 g/mol. The first-order chi connectivity index (χ1) is 17.0. The summed E-state index contributed by atoms with van der Waals surface area (Å²) in [4.78, 5) is 27.8. The maximum Gasteiger partial charge on any atom is 0.329 e. The molecule has 1 fully saturated rings. The Morgan fingerprint density at radius 1 is 1.11 bits per heavy atom. The van der Waals surface area contributed by atoms with E-state index in [-0.39, 0.29) is 17.7 Å². The minimum Gasteiger partial charge on any atom is -0.467 e. The Balaban J connectivity index is 1.44. The minimum atomic E-state index is -0.559. The molecule has 186 valence electrons. The van der Waals surface area contributed by atoms with Gasteiger partial charge in [-0.15, -0.1) is 0 Å². The highest BCUT2D eigenvalue weighted by Gasteiger charge is 2.28. The number of methoxy groups -OCH3 is 1. The number of hydrogen-bond acceptors (Lipinski definition) is 5. The lowest BCUT2D eigenvalue weighted by Crippen LogP contribution is -2.51. The second kappa shape index (κ2) is 11.5. The molecule has 8 nitrogen and oxygen atoms in total. The molecule has 0 radical (unpaired) electrons. The molecule has 0 bridgehead atoms. The largest absolute Gasteiger partial charge is 0.467 e. The molecule has 0 saturated carbocycles. The van der Waals surface area contributed by atoms with Gasteiger partial charge in [-0.1, -0.05) is 42.5 Å². The third-order valence-electron chi connectivity index (χ3n) is 6.64. The number of thiocarbonyl (C=S) groups is 1. The molecule has 1 unspecified atom stereocenters. The van der Waals surface area contributed by atoms with Gasteiger partial charge in [0, 0.05) is 32.1 Å². The van der Waals surface area contributed by atoms with E-state index < -0.39 is 6.04 Å². The predicted molar refractivity (Wildman–Crippen MR) is 141 cm³/mol. The number of para-hydroxylation sites is 2. The van der Waals surface area contributed by atoms with Crippen molar-refractivity contribution in [1.29, 1.82) is 0 Å². The summed E-state index contributed by atoms with van der Waals surface area (Å²) in [5, 5.41) is 3.74. The summed E-state index contributed by atoms with van der Waals surface area (Å²) in [5.74, 6) is -0.345. The number of nitrogens with one attached hydrogen (secondary N) is 1. The van der Waals surface area contributed by atoms with Gasteiger partial charge in [-0.3, -0.25) is 9.13 Å². The molecular weight excluding hydrogens is 462 g/mol. The van der Waals surface area contributed by atoms with Crippen LogP contribution in [0.5, 0.6) is 0 Å². The smallest absolute Gasteiger partial charge is 0.329 e. The first-order valence-electron chi connectivity index (χ1n) is 12.1. The molecule has 2 aromatic carbocycles. The number of piperidine rings is 1. The Kier molecular flexibility index (Phi) is 8.20. The van der Waals surface area contributed by atoms with E-state index in [0.29, 0.717) is 37.7 Å². The Bertz CT molecular complexity index is 1210. The van der Waals surface area contributed by atoms with Crippen molar-refractivity contribution in [2.75, 3.05) is 26.7 Å². The van der Waals surface area contributed by atoms with Gasteiger partial charge in [-0.05, 0) is 55.7 Å². The highest BCUT2D eigenvalue weighted by Crippen LogP contribution is 2.26. The number of benzene rings is 2. The highest BCUT2D eigenvalue weighted by molar-refractivity contribution is 7.80. The number of imidazole rings is 1. The van der Waals surface area contributed by atoms with Crippen LogP contribution in [0.4, 0.5) is 0 Å². The van der Waals surface area contributed by atoms with Gasteiger partial charge in [0.1, 0.15) is 6.04 Å². The van der Waals surface area contributed by atoms with Crippen LogP contribution in [0.3, 0.4) is 0 Å². The third-order valence-corrected chi connectivity index (χ3v) is 7.01. The van der Waals surface area contributed by atoms with E-state index in [0.717, 1.165) is 35.9 Å². The van der Waals surface area contributed by atoms with Crippen molar-refractivity contribution >= 4 is 34.3 Å². The van der Waals surface area contributed by atoms with Gasteiger partial charge in [0.2, 0.25) is 0 Å². The summed E-state index contributed by atoms with van der Waals surface area (Å²) in [5.41, 5.74) is 8.66. The second-order valence-corrected chi connectivity index (χ2v) is 9.26. The molecule has 0 amide bonds. The van der Waals surface area contributed by atoms with Gasteiger partial charge in [0.25, 0.3) is 0 Å². The van der Waals surface area contributed by atoms with Crippen LogP contribution in [0.15, 0.2) is 59.4 Å². The number of esters is 1. The number of carbonyl (C=O) groups is 1. The zero-order chi connectivity index (χ0) is 24.8. The normalized spacial score (nSPS) is 15.2. The van der Waals surface area contributed by atoms with Gasteiger partial charge in [0.05, 0.1) is 18.1 Å². The quantitative estimate of drug-likeness (QED) is 0.366. The van der Waals surface area contributed by atoms with E-state index in [4.69, 9.17) is 22.7 Å². The molecule has 9 heteroatoms. The van der Waals surface area contributed by atoms with Crippen LogP contribution in [0.25, 0.3) is 11.0 Å². The molecule has 1 aliphatic rings. The molecule has 3 N–H and O–H groups in total. The summed E-state index contributed by atoms with van der Waals surface area (Å²) in [6.45, 7) is 2.56. The van der Waals surface area contributed by atoms with Crippen molar-refractivity contribution in [2.45, 2.75) is 44.3 Å². The van der Waals surface area contributed by atoms with Gasteiger partial charge in [0.15, 0.2) is 5.11 Å². The summed E-state index contributed by atoms with van der Waals surface area (Å²) in [7, 11) is 1.39. The lowest BCUT2D eigenvalue weighted by Gasteiger charge is -2.35. The molecule has 1 aromatic heterocycles. The van der Waals surface area contributed by atoms with Crippen molar-refractivity contribution in [3.63, 3.8) is 0 Å². The second-order valence-electron chi connectivity index (χ2n) is 8.87. The summed E-state index contributed by atoms with van der Waals surface area (Å²) >= 11 is 5.67. The number of ether oxygens (including phenoxy) is 1. The van der Waals surface area contributed by atoms with Crippen LogP contribution in [0, 0.1) is 0 Å². The maximum atomic E-state index is 13.3. The summed E-state index contributed by atoms with van der Waals surface area (Å²) in [6.07, 6.45) is 2.82. The predicted octanol–water partition coefficient (Wildman–Crippen LogP) is 2.45. The summed E-state index contributed by atoms with van der Waals surface area (Å²) < 4.78 is 8.78. The van der Waals surface area contributed by atoms with Crippen LogP contribution in [-0.4, -0.2) is 57.9 Å². The number of aryl methyl sites for hydroxylation is 1. The Morgan fingerprint density at radius 3 is 2.43 bits per heavy atom. The number of nitrogens with zero attached hydrogens (tertiary/aromatic N) is 3. The van der Waals surface area contributed by atoms with Crippen molar-refractivity contribution < 1.29 is 9.53 Å². The highest BCUT2D eigenvalue weighted by atomic mass is 32.1. The number of fused-ring (bicyclic) bond motifs is 1. The molecule has 0 aliphatic carbocycles. The van der Waals surface area contributed by atoms with E-state index in [1.807, 2.05) is 63.7 Å². The zero-order valence-electron chi connectivity index (χ0n) is 20.1. The topological polar surface area (TPSA) is 94.5 Å². The van der Waals surface area contributed by atoms with E-state index in [1.54, 1.807) is 0 Å². The third kappa shape index (κ3) is 5.57. The Morgan fingerprint density at radius 2 is 1.77 bits per heavy atom. The van der Waals surface area contributed by atoms with Crippen molar-refractivity contribution in [3.05, 3.63) is 70.6 Å². The molecule has 4 rings (SSSR count). The van der Waals surface area contributed by atoms with Crippen LogP contribution in [-0.2, 0) is 22.5 Å². The van der Waals surface area contributed by atoms with Crippen molar-refractivity contribution in [3.8, 4) is 0 Å². The Hall–Kier alpha value is -3.17. The lowest BCUT2D eigenvalue weighted by atomic mass is 10.0. The number of rotatable bonds is 8. The van der Waals surface area contributed by atoms with Crippen molar-refractivity contribution in [2.24, 2.45) is 5.73 Å². The maximum absolute atomic E-state index is 13.3. The SMILES string of the molecule is COC(=O)C(Cc1ccccc1)NC(=S)N1CCC(n2c(=O)n(CCCN)c3ccccc32)CC1. The molecule has 3 aromatic rings. The van der Waals surface area contributed by atoms with E-state index >= 15 is 0 Å². The molecule has 1 aliphatic heterocycles. The van der Waals surface area contributed by atoms with Crippen molar-refractivity contribution in [1.82, 2.24) is 19.4 Å².